The van der Waals surface area contributed by atoms with Crippen molar-refractivity contribution < 1.29 is 9.53 Å². The molecule has 1 aliphatic heterocycles. The lowest BCUT2D eigenvalue weighted by Gasteiger charge is -2.32. The lowest BCUT2D eigenvalue weighted by molar-refractivity contribution is -0.121. The summed E-state index contributed by atoms with van der Waals surface area (Å²) < 4.78 is 5.35. The molecule has 1 saturated heterocycles. The van der Waals surface area contributed by atoms with Crippen LogP contribution in [0.2, 0.25) is 0 Å². The molecule has 0 bridgehead atoms. The second-order valence-corrected chi connectivity index (χ2v) is 7.02. The third-order valence-corrected chi connectivity index (χ3v) is 5.01. The maximum Gasteiger partial charge on any atom is 0.220 e. The van der Waals surface area contributed by atoms with Gasteiger partial charge in [-0.3, -0.25) is 9.69 Å². The van der Waals surface area contributed by atoms with Gasteiger partial charge in [0.05, 0.1) is 13.2 Å². The molecule has 0 aromatic carbocycles. The summed E-state index contributed by atoms with van der Waals surface area (Å²) in [7, 11) is 0. The van der Waals surface area contributed by atoms with Crippen LogP contribution in [0.4, 0.5) is 0 Å². The number of nitrogens with one attached hydrogen (secondary N) is 1. The Balaban J connectivity index is 1.58. The van der Waals surface area contributed by atoms with E-state index >= 15 is 0 Å². The Morgan fingerprint density at radius 3 is 2.86 bits per heavy atom. The van der Waals surface area contributed by atoms with E-state index in [0.29, 0.717) is 12.5 Å². The summed E-state index contributed by atoms with van der Waals surface area (Å²) in [5.41, 5.74) is 0. The highest BCUT2D eigenvalue weighted by molar-refractivity contribution is 7.11. The lowest BCUT2D eigenvalue weighted by Crippen LogP contribution is -2.42. The Labute approximate surface area is 131 Å². The third kappa shape index (κ3) is 5.77. The van der Waals surface area contributed by atoms with E-state index in [-0.39, 0.29) is 5.91 Å². The number of aryl methyl sites for hydroxylation is 1. The van der Waals surface area contributed by atoms with Gasteiger partial charge in [0.1, 0.15) is 0 Å². The Morgan fingerprint density at radius 1 is 1.43 bits per heavy atom. The topological polar surface area (TPSA) is 41.6 Å². The zero-order valence-corrected chi connectivity index (χ0v) is 13.9. The minimum absolute atomic E-state index is 0.170. The first-order chi connectivity index (χ1) is 10.1. The maximum atomic E-state index is 11.9. The molecule has 1 N–H and O–H groups in total. The van der Waals surface area contributed by atoms with Crippen molar-refractivity contribution in [3.8, 4) is 0 Å². The molecular formula is C16H26N2O2S. The van der Waals surface area contributed by atoms with Gasteiger partial charge in [-0.15, -0.1) is 11.3 Å². The van der Waals surface area contributed by atoms with Gasteiger partial charge in [-0.2, -0.15) is 0 Å². The van der Waals surface area contributed by atoms with E-state index in [4.69, 9.17) is 4.74 Å². The van der Waals surface area contributed by atoms with Crippen LogP contribution < -0.4 is 5.32 Å². The number of ether oxygens (including phenoxy) is 1. The van der Waals surface area contributed by atoms with E-state index in [0.717, 1.165) is 45.7 Å². The van der Waals surface area contributed by atoms with Gasteiger partial charge in [0.25, 0.3) is 0 Å². The van der Waals surface area contributed by atoms with E-state index in [1.54, 1.807) is 11.3 Å². The average Bonchev–Trinajstić information content (AvgIpc) is 2.91. The van der Waals surface area contributed by atoms with Crippen molar-refractivity contribution in [2.75, 3.05) is 32.8 Å². The second-order valence-electron chi connectivity index (χ2n) is 5.65. The first-order valence-corrected chi connectivity index (χ1v) is 8.60. The van der Waals surface area contributed by atoms with E-state index in [1.807, 2.05) is 0 Å². The van der Waals surface area contributed by atoms with E-state index < -0.39 is 0 Å². The number of morpholine rings is 1. The van der Waals surface area contributed by atoms with Crippen molar-refractivity contribution in [1.82, 2.24) is 10.2 Å². The summed E-state index contributed by atoms with van der Waals surface area (Å²) >= 11 is 1.81. The fourth-order valence-electron chi connectivity index (χ4n) is 2.57. The second kappa shape index (κ2) is 8.51. The zero-order chi connectivity index (χ0) is 15.1. The lowest BCUT2D eigenvalue weighted by atomic mass is 10.1. The van der Waals surface area contributed by atoms with Gasteiger partial charge >= 0.3 is 0 Å². The number of carbonyl (C=O) groups is 1. The van der Waals surface area contributed by atoms with Gasteiger partial charge < -0.3 is 10.1 Å². The maximum absolute atomic E-state index is 11.9. The standard InChI is InChI=1S/C16H26N2O2S/c1-13(18-9-11-20-12-10-18)3-6-16(19)17-8-7-15-5-4-14(2)21-15/h4-5,13H,3,6-12H2,1-2H3,(H,17,19)/t13-/m0/s1. The Bertz CT molecular complexity index is 441. The molecule has 1 aromatic heterocycles. The zero-order valence-electron chi connectivity index (χ0n) is 13.1. The average molecular weight is 310 g/mol. The van der Waals surface area contributed by atoms with Crippen LogP contribution in [0.1, 0.15) is 29.5 Å². The van der Waals surface area contributed by atoms with Crippen LogP contribution >= 0.6 is 11.3 Å². The van der Waals surface area contributed by atoms with Crippen LogP contribution in [0.25, 0.3) is 0 Å². The molecule has 1 fully saturated rings. The number of hydrogen-bond donors (Lipinski definition) is 1. The predicted molar refractivity (Wildman–Crippen MR) is 86.9 cm³/mol. The smallest absolute Gasteiger partial charge is 0.220 e. The van der Waals surface area contributed by atoms with Gasteiger partial charge in [-0.1, -0.05) is 0 Å². The van der Waals surface area contributed by atoms with E-state index in [2.05, 4.69) is 36.2 Å². The summed E-state index contributed by atoms with van der Waals surface area (Å²) in [5.74, 6) is 0.170. The summed E-state index contributed by atoms with van der Waals surface area (Å²) in [4.78, 5) is 17.0. The van der Waals surface area contributed by atoms with Gasteiger partial charge in [-0.25, -0.2) is 0 Å². The molecule has 0 aliphatic carbocycles. The number of thiophene rings is 1. The number of nitrogens with zero attached hydrogens (tertiary/aromatic N) is 1. The molecular weight excluding hydrogens is 284 g/mol. The third-order valence-electron chi connectivity index (χ3n) is 3.95. The minimum Gasteiger partial charge on any atom is -0.379 e. The van der Waals surface area contributed by atoms with Crippen LogP contribution in [-0.2, 0) is 16.0 Å². The Hall–Kier alpha value is -0.910. The van der Waals surface area contributed by atoms with Gasteiger partial charge in [0.2, 0.25) is 5.91 Å². The molecule has 1 aromatic rings. The van der Waals surface area contributed by atoms with Gasteiger partial charge in [0.15, 0.2) is 0 Å². The first-order valence-electron chi connectivity index (χ1n) is 7.79. The fraction of sp³-hybridized carbons (Fsp3) is 0.688. The molecule has 1 atom stereocenters. The quantitative estimate of drug-likeness (QED) is 0.839. The Morgan fingerprint density at radius 2 is 2.19 bits per heavy atom. The summed E-state index contributed by atoms with van der Waals surface area (Å²) in [6.45, 7) is 8.66. The van der Waals surface area contributed by atoms with Crippen molar-refractivity contribution in [2.24, 2.45) is 0 Å². The Kier molecular flexibility index (Phi) is 6.67. The molecule has 4 nitrogen and oxygen atoms in total. The van der Waals surface area contributed by atoms with Gasteiger partial charge in [0, 0.05) is 41.9 Å². The van der Waals surface area contributed by atoms with Crippen LogP contribution in [0.15, 0.2) is 12.1 Å². The molecule has 1 amide bonds. The van der Waals surface area contributed by atoms with Crippen LogP contribution in [-0.4, -0.2) is 49.7 Å². The van der Waals surface area contributed by atoms with Crippen molar-refractivity contribution in [1.29, 1.82) is 0 Å². The van der Waals surface area contributed by atoms with E-state index in [9.17, 15) is 4.79 Å². The largest absolute Gasteiger partial charge is 0.379 e. The highest BCUT2D eigenvalue weighted by Gasteiger charge is 2.17. The predicted octanol–water partition coefficient (Wildman–Crippen LogP) is 2.22. The minimum atomic E-state index is 0.170. The molecule has 118 valence electrons. The fourth-order valence-corrected chi connectivity index (χ4v) is 3.46. The summed E-state index contributed by atoms with van der Waals surface area (Å²) in [6.07, 6.45) is 2.47. The monoisotopic (exact) mass is 310 g/mol. The highest BCUT2D eigenvalue weighted by Crippen LogP contribution is 2.15. The number of amides is 1. The molecule has 21 heavy (non-hydrogen) atoms. The van der Waals surface area contributed by atoms with Crippen LogP contribution in [0, 0.1) is 6.92 Å². The van der Waals surface area contributed by atoms with Gasteiger partial charge in [-0.05, 0) is 38.8 Å². The summed E-state index contributed by atoms with van der Waals surface area (Å²) in [6, 6.07) is 4.73. The van der Waals surface area contributed by atoms with Crippen LogP contribution in [0.3, 0.4) is 0 Å². The number of hydrogen-bond acceptors (Lipinski definition) is 4. The first kappa shape index (κ1) is 16.5. The summed E-state index contributed by atoms with van der Waals surface area (Å²) in [5, 5.41) is 3.02. The number of rotatable bonds is 7. The van der Waals surface area contributed by atoms with Crippen molar-refractivity contribution in [2.45, 2.75) is 39.2 Å². The molecule has 0 unspecified atom stereocenters. The van der Waals surface area contributed by atoms with Crippen molar-refractivity contribution >= 4 is 17.2 Å². The SMILES string of the molecule is Cc1ccc(CCNC(=O)CC[C@H](C)N2CCOCC2)s1. The molecule has 2 rings (SSSR count). The van der Waals surface area contributed by atoms with Crippen LogP contribution in [0.5, 0.6) is 0 Å². The molecule has 0 saturated carbocycles. The highest BCUT2D eigenvalue weighted by atomic mass is 32.1. The normalized spacial score (nSPS) is 17.6. The van der Waals surface area contributed by atoms with Crippen molar-refractivity contribution in [3.63, 3.8) is 0 Å². The molecule has 2 heterocycles. The van der Waals surface area contributed by atoms with E-state index in [1.165, 1.54) is 9.75 Å². The molecule has 5 heteroatoms. The molecule has 1 aliphatic rings. The molecule has 0 spiro atoms. The number of carbonyl (C=O) groups excluding carboxylic acids is 1. The molecule has 0 radical (unpaired) electrons. The van der Waals surface area contributed by atoms with Crippen molar-refractivity contribution in [3.05, 3.63) is 21.9 Å².